The van der Waals surface area contributed by atoms with E-state index in [9.17, 15) is 19.5 Å². The molecular formula is C28H38N2O5S. The number of carbonyl (C=O) groups is 3. The van der Waals surface area contributed by atoms with Crippen LogP contribution < -0.4 is 4.90 Å². The maximum Gasteiger partial charge on any atom is 0.310 e. The molecule has 0 aromatic heterocycles. The minimum absolute atomic E-state index is 0.0462. The maximum atomic E-state index is 14.6. The summed E-state index contributed by atoms with van der Waals surface area (Å²) in [5.41, 5.74) is 2.75. The fourth-order valence-electron chi connectivity index (χ4n) is 6.65. The first-order valence-electron chi connectivity index (χ1n) is 12.9. The number of fused-ring (bicyclic) bond motifs is 1. The second kappa shape index (κ2) is 10.2. The number of hydrogen-bond acceptors (Lipinski definition) is 6. The highest BCUT2D eigenvalue weighted by molar-refractivity contribution is 8.02. The second-order valence-corrected chi connectivity index (χ2v) is 12.1. The highest BCUT2D eigenvalue weighted by Crippen LogP contribution is 2.67. The van der Waals surface area contributed by atoms with Crippen molar-refractivity contribution in [3.05, 3.63) is 42.0 Å². The molecule has 1 aromatic carbocycles. The SMILES string of the molecule is C=CCN(C(=O)C1N([C@@H](CO)C(C)C)C(=O)[C@@H]2[C@@H](C(=O)OCC)[C@H]3CCC12S3)c1c(C)cccc1C. The van der Waals surface area contributed by atoms with Crippen LogP contribution in [-0.2, 0) is 19.1 Å². The van der Waals surface area contributed by atoms with Crippen LogP contribution >= 0.6 is 11.8 Å². The molecule has 3 aliphatic heterocycles. The molecule has 0 aliphatic carbocycles. The average molecular weight is 515 g/mol. The lowest BCUT2D eigenvalue weighted by molar-refractivity contribution is -0.154. The summed E-state index contributed by atoms with van der Waals surface area (Å²) in [6.45, 7) is 13.8. The van der Waals surface area contributed by atoms with E-state index in [1.165, 1.54) is 0 Å². The number of carbonyl (C=O) groups excluding carboxylic acids is 3. The minimum Gasteiger partial charge on any atom is -0.466 e. The van der Waals surface area contributed by atoms with Crippen LogP contribution in [-0.4, -0.2) is 69.6 Å². The van der Waals surface area contributed by atoms with E-state index in [1.54, 1.807) is 34.6 Å². The lowest BCUT2D eigenvalue weighted by Gasteiger charge is -2.41. The lowest BCUT2D eigenvalue weighted by Crippen LogP contribution is -2.58. The molecule has 36 heavy (non-hydrogen) atoms. The first-order valence-corrected chi connectivity index (χ1v) is 13.8. The van der Waals surface area contributed by atoms with Gasteiger partial charge in [0.15, 0.2) is 0 Å². The number of anilines is 1. The van der Waals surface area contributed by atoms with Gasteiger partial charge >= 0.3 is 5.97 Å². The molecule has 1 spiro atoms. The first-order chi connectivity index (χ1) is 17.1. The fourth-order valence-corrected chi connectivity index (χ4v) is 8.84. The number of likely N-dealkylation sites (tertiary alicyclic amines) is 1. The molecule has 1 N–H and O–H groups in total. The van der Waals surface area contributed by atoms with Gasteiger partial charge in [-0.15, -0.1) is 18.3 Å². The quantitative estimate of drug-likeness (QED) is 0.401. The van der Waals surface area contributed by atoms with Crippen molar-refractivity contribution in [3.8, 4) is 0 Å². The Kier molecular flexibility index (Phi) is 7.58. The Balaban J connectivity index is 1.87. The van der Waals surface area contributed by atoms with Gasteiger partial charge in [0.05, 0.1) is 35.8 Å². The third-order valence-corrected chi connectivity index (χ3v) is 10.1. The first kappa shape index (κ1) is 26.7. The third kappa shape index (κ3) is 3.97. The van der Waals surface area contributed by atoms with Crippen LogP contribution in [0.5, 0.6) is 0 Å². The predicted octanol–water partition coefficient (Wildman–Crippen LogP) is 3.49. The smallest absolute Gasteiger partial charge is 0.310 e. The number of nitrogens with zero attached hydrogens (tertiary/aromatic N) is 2. The van der Waals surface area contributed by atoms with Crippen LogP contribution in [0.15, 0.2) is 30.9 Å². The van der Waals surface area contributed by atoms with E-state index in [0.29, 0.717) is 13.0 Å². The number of aliphatic hydroxyl groups is 1. The van der Waals surface area contributed by atoms with Crippen molar-refractivity contribution in [2.45, 2.75) is 69.5 Å². The van der Waals surface area contributed by atoms with E-state index < -0.39 is 28.7 Å². The van der Waals surface area contributed by atoms with Crippen molar-refractivity contribution in [2.24, 2.45) is 17.8 Å². The van der Waals surface area contributed by atoms with Crippen molar-refractivity contribution in [1.82, 2.24) is 4.90 Å². The van der Waals surface area contributed by atoms with E-state index >= 15 is 0 Å². The van der Waals surface area contributed by atoms with Gasteiger partial charge in [0.2, 0.25) is 5.91 Å². The highest BCUT2D eigenvalue weighted by atomic mass is 32.2. The standard InChI is InChI=1S/C28H38N2O5S/c1-7-14-29(23-17(5)10-9-11-18(23)6)26(33)24-28-13-12-20(36-28)21(27(34)35-8-2)22(28)25(32)30(24)19(15-31)16(3)4/h7,9-11,16,19-22,24,31H,1,8,12-15H2,2-6H3/t19-,20+,21-,22-,24?,28?/m0/s1. The topological polar surface area (TPSA) is 87.2 Å². The zero-order chi connectivity index (χ0) is 26.4. The third-order valence-electron chi connectivity index (χ3n) is 8.13. The Bertz CT molecular complexity index is 1040. The van der Waals surface area contributed by atoms with E-state index in [2.05, 4.69) is 6.58 Å². The van der Waals surface area contributed by atoms with Crippen molar-refractivity contribution in [3.63, 3.8) is 0 Å². The van der Waals surface area contributed by atoms with Crippen LogP contribution in [0.1, 0.15) is 44.7 Å². The van der Waals surface area contributed by atoms with Gasteiger partial charge in [-0.1, -0.05) is 38.1 Å². The lowest BCUT2D eigenvalue weighted by atomic mass is 9.71. The van der Waals surface area contributed by atoms with Gasteiger partial charge < -0.3 is 19.6 Å². The van der Waals surface area contributed by atoms with Crippen molar-refractivity contribution >= 4 is 35.2 Å². The number of aliphatic hydroxyl groups excluding tert-OH is 1. The zero-order valence-electron chi connectivity index (χ0n) is 21.9. The van der Waals surface area contributed by atoms with Gasteiger partial charge in [0.1, 0.15) is 6.04 Å². The van der Waals surface area contributed by atoms with Crippen molar-refractivity contribution in [2.75, 3.05) is 24.7 Å². The van der Waals surface area contributed by atoms with Crippen LogP contribution in [0.25, 0.3) is 0 Å². The molecule has 4 rings (SSSR count). The summed E-state index contributed by atoms with van der Waals surface area (Å²) in [5, 5.41) is 10.3. The Labute approximate surface area is 218 Å². The summed E-state index contributed by atoms with van der Waals surface area (Å²) in [6, 6.07) is 4.59. The average Bonchev–Trinajstić information content (AvgIpc) is 3.46. The van der Waals surface area contributed by atoms with Gasteiger partial charge in [0, 0.05) is 17.5 Å². The summed E-state index contributed by atoms with van der Waals surface area (Å²) in [6.07, 6.45) is 3.13. The molecule has 6 atom stereocenters. The van der Waals surface area contributed by atoms with Crippen LogP contribution in [0, 0.1) is 31.6 Å². The Morgan fingerprint density at radius 1 is 1.33 bits per heavy atom. The van der Waals surface area contributed by atoms with Gasteiger partial charge in [-0.25, -0.2) is 0 Å². The molecule has 2 bridgehead atoms. The zero-order valence-corrected chi connectivity index (χ0v) is 22.7. The number of hydrogen-bond donors (Lipinski definition) is 1. The molecule has 8 heteroatoms. The molecular weight excluding hydrogens is 476 g/mol. The predicted molar refractivity (Wildman–Crippen MR) is 142 cm³/mol. The Hall–Kier alpha value is -2.32. The van der Waals surface area contributed by atoms with Crippen LogP contribution in [0.2, 0.25) is 0 Å². The number of aryl methyl sites for hydroxylation is 2. The maximum absolute atomic E-state index is 14.6. The number of esters is 1. The van der Waals surface area contributed by atoms with Gasteiger partial charge in [0.25, 0.3) is 5.91 Å². The van der Waals surface area contributed by atoms with E-state index in [-0.39, 0.29) is 42.2 Å². The summed E-state index contributed by atoms with van der Waals surface area (Å²) >= 11 is 1.62. The minimum atomic E-state index is -0.789. The van der Waals surface area contributed by atoms with Gasteiger partial charge in [-0.3, -0.25) is 14.4 Å². The number of thioether (sulfide) groups is 1. The summed E-state index contributed by atoms with van der Waals surface area (Å²) in [4.78, 5) is 45.2. The van der Waals surface area contributed by atoms with Crippen LogP contribution in [0.3, 0.4) is 0 Å². The normalized spacial score (nSPS) is 29.4. The van der Waals surface area contributed by atoms with Crippen molar-refractivity contribution in [1.29, 1.82) is 0 Å². The molecule has 7 nitrogen and oxygen atoms in total. The number of amides is 2. The summed E-state index contributed by atoms with van der Waals surface area (Å²) in [5.74, 6) is -2.03. The Morgan fingerprint density at radius 3 is 2.56 bits per heavy atom. The number of para-hydroxylation sites is 1. The molecule has 3 aliphatic rings. The monoisotopic (exact) mass is 514 g/mol. The van der Waals surface area contributed by atoms with E-state index in [0.717, 1.165) is 23.2 Å². The van der Waals surface area contributed by atoms with Crippen LogP contribution in [0.4, 0.5) is 5.69 Å². The fraction of sp³-hybridized carbons (Fsp3) is 0.607. The van der Waals surface area contributed by atoms with Gasteiger partial charge in [-0.05, 0) is 50.7 Å². The molecule has 1 aromatic rings. The van der Waals surface area contributed by atoms with E-state index in [1.807, 2.05) is 45.9 Å². The molecule has 3 fully saturated rings. The molecule has 3 heterocycles. The summed E-state index contributed by atoms with van der Waals surface area (Å²) in [7, 11) is 0. The Morgan fingerprint density at radius 2 is 2.00 bits per heavy atom. The molecule has 0 saturated carbocycles. The molecule has 2 amide bonds. The summed E-state index contributed by atoms with van der Waals surface area (Å²) < 4.78 is 4.68. The highest BCUT2D eigenvalue weighted by Gasteiger charge is 2.75. The number of benzene rings is 1. The number of rotatable bonds is 9. The molecule has 2 unspecified atom stereocenters. The van der Waals surface area contributed by atoms with Gasteiger partial charge in [-0.2, -0.15) is 0 Å². The van der Waals surface area contributed by atoms with Crippen molar-refractivity contribution < 1.29 is 24.2 Å². The number of ether oxygens (including phenoxy) is 1. The largest absolute Gasteiger partial charge is 0.466 e. The second-order valence-electron chi connectivity index (χ2n) is 10.5. The molecule has 3 saturated heterocycles. The molecule has 196 valence electrons. The van der Waals surface area contributed by atoms with E-state index in [4.69, 9.17) is 4.74 Å². The molecule has 0 radical (unpaired) electrons.